The van der Waals surface area contributed by atoms with Crippen LogP contribution in [0.2, 0.25) is 5.02 Å². The minimum atomic E-state index is 0.234. The molecule has 19 heavy (non-hydrogen) atoms. The van der Waals surface area contributed by atoms with Crippen molar-refractivity contribution in [2.75, 3.05) is 13.2 Å². The molecule has 0 fully saturated rings. The summed E-state index contributed by atoms with van der Waals surface area (Å²) in [6, 6.07) is 4.36. The lowest BCUT2D eigenvalue weighted by Crippen LogP contribution is -2.37. The van der Waals surface area contributed by atoms with Crippen molar-refractivity contribution < 1.29 is 9.47 Å². The fourth-order valence-electron chi connectivity index (χ4n) is 1.84. The van der Waals surface area contributed by atoms with Gasteiger partial charge in [0, 0.05) is 12.6 Å². The molecule has 0 amide bonds. The van der Waals surface area contributed by atoms with Gasteiger partial charge in [0.15, 0.2) is 11.5 Å². The van der Waals surface area contributed by atoms with Crippen LogP contribution in [0.15, 0.2) is 12.1 Å². The highest BCUT2D eigenvalue weighted by molar-refractivity contribution is 6.32. The van der Waals surface area contributed by atoms with Crippen LogP contribution in [0.5, 0.6) is 11.5 Å². The monoisotopic (exact) mass is 283 g/mol. The Labute approximate surface area is 120 Å². The van der Waals surface area contributed by atoms with E-state index >= 15 is 0 Å². The van der Waals surface area contributed by atoms with Gasteiger partial charge in [0.25, 0.3) is 0 Å². The third-order valence-corrected chi connectivity index (χ3v) is 3.85. The largest absolute Gasteiger partial charge is 0.486 e. The summed E-state index contributed by atoms with van der Waals surface area (Å²) in [5.41, 5.74) is 1.35. The molecule has 0 aromatic heterocycles. The van der Waals surface area contributed by atoms with Crippen LogP contribution >= 0.6 is 11.6 Å². The second-order valence-electron chi connectivity index (χ2n) is 6.07. The molecule has 1 unspecified atom stereocenters. The van der Waals surface area contributed by atoms with Gasteiger partial charge in [-0.3, -0.25) is 0 Å². The molecule has 1 aromatic rings. The lowest BCUT2D eigenvalue weighted by Gasteiger charge is -2.28. The van der Waals surface area contributed by atoms with Gasteiger partial charge in [-0.2, -0.15) is 0 Å². The van der Waals surface area contributed by atoms with Gasteiger partial charge < -0.3 is 14.8 Å². The Morgan fingerprint density at radius 3 is 2.63 bits per heavy atom. The number of halogens is 1. The Balaban J connectivity index is 2.07. The predicted molar refractivity (Wildman–Crippen MR) is 78.2 cm³/mol. The number of hydrogen-bond donors (Lipinski definition) is 1. The van der Waals surface area contributed by atoms with E-state index in [9.17, 15) is 0 Å². The van der Waals surface area contributed by atoms with Crippen LogP contribution in [0.4, 0.5) is 0 Å². The molecule has 0 bridgehead atoms. The van der Waals surface area contributed by atoms with Gasteiger partial charge in [0.05, 0.1) is 5.02 Å². The zero-order chi connectivity index (χ0) is 14.0. The van der Waals surface area contributed by atoms with Gasteiger partial charge >= 0.3 is 0 Å². The maximum absolute atomic E-state index is 6.22. The minimum absolute atomic E-state index is 0.234. The third-order valence-electron chi connectivity index (χ3n) is 3.57. The van der Waals surface area contributed by atoms with Gasteiger partial charge in [-0.1, -0.05) is 32.4 Å². The Kier molecular flexibility index (Phi) is 4.26. The fraction of sp³-hybridized carbons (Fsp3) is 0.600. The van der Waals surface area contributed by atoms with E-state index < -0.39 is 0 Å². The highest BCUT2D eigenvalue weighted by atomic mass is 35.5. The van der Waals surface area contributed by atoms with Crippen molar-refractivity contribution >= 4 is 11.6 Å². The Morgan fingerprint density at radius 2 is 1.95 bits per heavy atom. The maximum Gasteiger partial charge on any atom is 0.179 e. The van der Waals surface area contributed by atoms with Crippen molar-refractivity contribution in [3.05, 3.63) is 22.7 Å². The molecule has 1 aromatic carbocycles. The van der Waals surface area contributed by atoms with E-state index in [0.29, 0.717) is 30.0 Å². The van der Waals surface area contributed by atoms with E-state index in [1.807, 2.05) is 12.1 Å². The van der Waals surface area contributed by atoms with Crippen LogP contribution in [-0.4, -0.2) is 19.3 Å². The van der Waals surface area contributed by atoms with Gasteiger partial charge in [-0.15, -0.1) is 0 Å². The minimum Gasteiger partial charge on any atom is -0.486 e. The van der Waals surface area contributed by atoms with Crippen molar-refractivity contribution in [3.8, 4) is 11.5 Å². The molecular formula is C15H22ClNO2. The first-order valence-corrected chi connectivity index (χ1v) is 7.07. The van der Waals surface area contributed by atoms with Crippen LogP contribution in [0.25, 0.3) is 0 Å². The second-order valence-corrected chi connectivity index (χ2v) is 6.48. The lowest BCUT2D eigenvalue weighted by molar-refractivity contribution is 0.171. The zero-order valence-electron chi connectivity index (χ0n) is 12.0. The van der Waals surface area contributed by atoms with Crippen molar-refractivity contribution in [3.63, 3.8) is 0 Å². The van der Waals surface area contributed by atoms with E-state index in [4.69, 9.17) is 21.1 Å². The summed E-state index contributed by atoms with van der Waals surface area (Å²) in [6.45, 7) is 10.8. The number of benzene rings is 1. The normalized spacial score (nSPS) is 16.3. The summed E-state index contributed by atoms with van der Waals surface area (Å²) >= 11 is 6.22. The second kappa shape index (κ2) is 5.59. The third kappa shape index (κ3) is 3.54. The SMILES string of the molecule is CC(NCc1cc(Cl)c2c(c1)OCCO2)C(C)(C)C. The van der Waals surface area contributed by atoms with Crippen LogP contribution in [0.1, 0.15) is 33.3 Å². The zero-order valence-corrected chi connectivity index (χ0v) is 12.8. The number of rotatable bonds is 3. The fourth-order valence-corrected chi connectivity index (χ4v) is 2.13. The first-order valence-electron chi connectivity index (χ1n) is 6.69. The molecule has 0 radical (unpaired) electrons. The molecule has 106 valence electrons. The van der Waals surface area contributed by atoms with Crippen molar-refractivity contribution in [2.24, 2.45) is 5.41 Å². The van der Waals surface area contributed by atoms with E-state index in [-0.39, 0.29) is 5.41 Å². The molecule has 1 aliphatic heterocycles. The molecule has 1 N–H and O–H groups in total. The van der Waals surface area contributed by atoms with Gasteiger partial charge in [-0.25, -0.2) is 0 Å². The molecular weight excluding hydrogens is 262 g/mol. The molecule has 1 atom stereocenters. The van der Waals surface area contributed by atoms with Crippen LogP contribution in [-0.2, 0) is 6.54 Å². The van der Waals surface area contributed by atoms with Gasteiger partial charge in [0.1, 0.15) is 13.2 Å². The van der Waals surface area contributed by atoms with E-state index in [1.54, 1.807) is 0 Å². The Morgan fingerprint density at radius 1 is 1.26 bits per heavy atom. The quantitative estimate of drug-likeness (QED) is 0.919. The van der Waals surface area contributed by atoms with Gasteiger partial charge in [-0.05, 0) is 30.0 Å². The number of hydrogen-bond acceptors (Lipinski definition) is 3. The first-order chi connectivity index (χ1) is 8.88. The molecule has 0 saturated carbocycles. The van der Waals surface area contributed by atoms with Crippen LogP contribution in [0, 0.1) is 5.41 Å². The average Bonchev–Trinajstić information content (AvgIpc) is 2.35. The number of fused-ring (bicyclic) bond motifs is 1. The molecule has 3 nitrogen and oxygen atoms in total. The molecule has 0 aliphatic carbocycles. The summed E-state index contributed by atoms with van der Waals surface area (Å²) in [5.74, 6) is 1.42. The summed E-state index contributed by atoms with van der Waals surface area (Å²) in [6.07, 6.45) is 0. The molecule has 4 heteroatoms. The van der Waals surface area contributed by atoms with E-state index in [2.05, 4.69) is 33.0 Å². The molecule has 0 spiro atoms. The summed E-state index contributed by atoms with van der Waals surface area (Å²) in [4.78, 5) is 0. The van der Waals surface area contributed by atoms with Crippen LogP contribution < -0.4 is 14.8 Å². The summed E-state index contributed by atoms with van der Waals surface area (Å²) in [7, 11) is 0. The standard InChI is InChI=1S/C15H22ClNO2/c1-10(15(2,3)4)17-9-11-7-12(16)14-13(8-11)18-5-6-19-14/h7-8,10,17H,5-6,9H2,1-4H3. The smallest absolute Gasteiger partial charge is 0.179 e. The molecule has 0 saturated heterocycles. The first kappa shape index (κ1) is 14.5. The van der Waals surface area contributed by atoms with E-state index in [1.165, 1.54) is 0 Å². The molecule has 2 rings (SSSR count). The summed E-state index contributed by atoms with van der Waals surface area (Å²) in [5, 5.41) is 4.14. The predicted octanol–water partition coefficient (Wildman–Crippen LogP) is 3.64. The lowest BCUT2D eigenvalue weighted by atomic mass is 9.88. The topological polar surface area (TPSA) is 30.5 Å². The van der Waals surface area contributed by atoms with Crippen LogP contribution in [0.3, 0.4) is 0 Å². The number of ether oxygens (including phenoxy) is 2. The number of nitrogens with one attached hydrogen (secondary N) is 1. The van der Waals surface area contributed by atoms with Gasteiger partial charge in [0.2, 0.25) is 0 Å². The Hall–Kier alpha value is -0.930. The Bertz CT molecular complexity index is 454. The molecule has 1 heterocycles. The van der Waals surface area contributed by atoms with Crippen molar-refractivity contribution in [1.29, 1.82) is 0 Å². The highest BCUT2D eigenvalue weighted by Gasteiger charge is 2.20. The van der Waals surface area contributed by atoms with Crippen molar-refractivity contribution in [1.82, 2.24) is 5.32 Å². The highest BCUT2D eigenvalue weighted by Crippen LogP contribution is 2.38. The molecule has 1 aliphatic rings. The van der Waals surface area contributed by atoms with Crippen molar-refractivity contribution in [2.45, 2.75) is 40.3 Å². The average molecular weight is 284 g/mol. The maximum atomic E-state index is 6.22. The summed E-state index contributed by atoms with van der Waals surface area (Å²) < 4.78 is 11.1. The van der Waals surface area contributed by atoms with E-state index in [0.717, 1.165) is 17.9 Å².